The molecule has 0 aliphatic heterocycles. The van der Waals surface area contributed by atoms with E-state index in [4.69, 9.17) is 5.73 Å². The Morgan fingerprint density at radius 1 is 1.00 bits per heavy atom. The predicted octanol–water partition coefficient (Wildman–Crippen LogP) is 4.83. The van der Waals surface area contributed by atoms with Gasteiger partial charge in [-0.3, -0.25) is 0 Å². The Balaban J connectivity index is 2.49. The molecule has 0 saturated carbocycles. The first-order chi connectivity index (χ1) is 9.62. The van der Waals surface area contributed by atoms with E-state index < -0.39 is 23.1 Å². The summed E-state index contributed by atoms with van der Waals surface area (Å²) in [6.07, 6.45) is -4.72. The van der Waals surface area contributed by atoms with E-state index in [-0.39, 0.29) is 5.56 Å². The van der Waals surface area contributed by atoms with Crippen LogP contribution in [-0.2, 0) is 11.7 Å². The van der Waals surface area contributed by atoms with Crippen LogP contribution in [0.15, 0.2) is 46.9 Å². The van der Waals surface area contributed by atoms with Crippen LogP contribution in [0.2, 0.25) is 0 Å². The van der Waals surface area contributed by atoms with Crippen LogP contribution in [0, 0.1) is 5.82 Å². The smallest absolute Gasteiger partial charge is 0.318 e. The molecule has 2 rings (SSSR count). The highest BCUT2D eigenvalue weighted by Gasteiger charge is 2.35. The third-order valence-electron chi connectivity index (χ3n) is 3.30. The van der Waals surface area contributed by atoms with E-state index in [1.54, 1.807) is 31.2 Å². The Morgan fingerprint density at radius 3 is 2.14 bits per heavy atom. The van der Waals surface area contributed by atoms with Gasteiger partial charge in [-0.1, -0.05) is 34.1 Å². The second-order valence-corrected chi connectivity index (χ2v) is 5.82. The van der Waals surface area contributed by atoms with Crippen LogP contribution in [0.5, 0.6) is 0 Å². The first-order valence-electron chi connectivity index (χ1n) is 6.04. The molecule has 6 heteroatoms. The lowest BCUT2D eigenvalue weighted by Gasteiger charge is -2.26. The molecular formula is C15H12BrF4N. The largest absolute Gasteiger partial charge is 0.419 e. The Bertz CT molecular complexity index is 665. The van der Waals surface area contributed by atoms with Gasteiger partial charge in [-0.2, -0.15) is 13.2 Å². The second-order valence-electron chi connectivity index (χ2n) is 4.91. The molecule has 1 nitrogen and oxygen atoms in total. The minimum absolute atomic E-state index is 0.270. The molecule has 0 aliphatic carbocycles. The van der Waals surface area contributed by atoms with Crippen molar-refractivity contribution in [2.45, 2.75) is 18.6 Å². The van der Waals surface area contributed by atoms with Crippen LogP contribution in [0.1, 0.15) is 23.6 Å². The molecule has 0 saturated heterocycles. The van der Waals surface area contributed by atoms with E-state index in [1.165, 1.54) is 6.07 Å². The Hall–Kier alpha value is -1.40. The van der Waals surface area contributed by atoms with Gasteiger partial charge in [-0.15, -0.1) is 0 Å². The fourth-order valence-corrected chi connectivity index (χ4v) is 2.45. The molecule has 1 unspecified atom stereocenters. The van der Waals surface area contributed by atoms with Crippen molar-refractivity contribution >= 4 is 15.9 Å². The fourth-order valence-electron chi connectivity index (χ4n) is 2.05. The molecule has 2 N–H and O–H groups in total. The van der Waals surface area contributed by atoms with E-state index in [0.717, 1.165) is 10.5 Å². The molecule has 0 bridgehead atoms. The van der Waals surface area contributed by atoms with E-state index in [9.17, 15) is 17.6 Å². The summed E-state index contributed by atoms with van der Waals surface area (Å²) in [4.78, 5) is 0. The molecule has 1 atom stereocenters. The molecule has 21 heavy (non-hydrogen) atoms. The van der Waals surface area contributed by atoms with Crippen molar-refractivity contribution in [1.82, 2.24) is 0 Å². The maximum atomic E-state index is 13.7. The SMILES string of the molecule is CC(N)(c1cccc(Br)c1)c1ccc(C(F)(F)F)c(F)c1. The molecule has 0 fully saturated rings. The van der Waals surface area contributed by atoms with Crippen molar-refractivity contribution in [3.63, 3.8) is 0 Å². The molecule has 0 radical (unpaired) electrons. The van der Waals surface area contributed by atoms with Crippen LogP contribution in [0.3, 0.4) is 0 Å². The molecule has 0 aliphatic rings. The normalized spacial score (nSPS) is 14.8. The zero-order valence-electron chi connectivity index (χ0n) is 11.0. The predicted molar refractivity (Wildman–Crippen MR) is 76.2 cm³/mol. The number of alkyl halides is 3. The van der Waals surface area contributed by atoms with Gasteiger partial charge in [0.15, 0.2) is 0 Å². The van der Waals surface area contributed by atoms with E-state index in [1.807, 2.05) is 0 Å². The third kappa shape index (κ3) is 3.27. The van der Waals surface area contributed by atoms with Gasteiger partial charge < -0.3 is 5.73 Å². The number of benzene rings is 2. The van der Waals surface area contributed by atoms with Gasteiger partial charge >= 0.3 is 6.18 Å². The highest BCUT2D eigenvalue weighted by Crippen LogP contribution is 2.34. The number of hydrogen-bond acceptors (Lipinski definition) is 1. The summed E-state index contributed by atoms with van der Waals surface area (Å²) in [6.45, 7) is 1.62. The average molecular weight is 362 g/mol. The molecular weight excluding hydrogens is 350 g/mol. The summed E-state index contributed by atoms with van der Waals surface area (Å²) < 4.78 is 52.2. The summed E-state index contributed by atoms with van der Waals surface area (Å²) in [6, 6.07) is 9.79. The highest BCUT2D eigenvalue weighted by molar-refractivity contribution is 9.10. The zero-order chi connectivity index (χ0) is 15.8. The van der Waals surface area contributed by atoms with Crippen LogP contribution in [0.25, 0.3) is 0 Å². The summed E-state index contributed by atoms with van der Waals surface area (Å²) in [5, 5.41) is 0. The number of rotatable bonds is 2. The molecule has 0 spiro atoms. The van der Waals surface area contributed by atoms with Gasteiger partial charge in [0.05, 0.1) is 11.1 Å². The van der Waals surface area contributed by atoms with Crippen molar-refractivity contribution in [1.29, 1.82) is 0 Å². The van der Waals surface area contributed by atoms with Gasteiger partial charge in [0.1, 0.15) is 5.82 Å². The molecule has 0 aromatic heterocycles. The zero-order valence-corrected chi connectivity index (χ0v) is 12.6. The van der Waals surface area contributed by atoms with Crippen molar-refractivity contribution in [2.75, 3.05) is 0 Å². The Kier molecular flexibility index (Phi) is 4.13. The van der Waals surface area contributed by atoms with Crippen LogP contribution in [0.4, 0.5) is 17.6 Å². The number of hydrogen-bond donors (Lipinski definition) is 1. The lowest BCUT2D eigenvalue weighted by molar-refractivity contribution is -0.140. The van der Waals surface area contributed by atoms with Crippen molar-refractivity contribution in [3.05, 3.63) is 69.4 Å². The van der Waals surface area contributed by atoms with Gasteiger partial charge in [-0.05, 0) is 42.3 Å². The summed E-state index contributed by atoms with van der Waals surface area (Å²) in [5.74, 6) is -1.33. The van der Waals surface area contributed by atoms with Gasteiger partial charge in [0.25, 0.3) is 0 Å². The van der Waals surface area contributed by atoms with Gasteiger partial charge in [0.2, 0.25) is 0 Å². The summed E-state index contributed by atoms with van der Waals surface area (Å²) >= 11 is 3.30. The number of halogens is 5. The maximum absolute atomic E-state index is 13.7. The first-order valence-corrected chi connectivity index (χ1v) is 6.84. The van der Waals surface area contributed by atoms with E-state index in [2.05, 4.69) is 15.9 Å². The Morgan fingerprint density at radius 2 is 1.62 bits per heavy atom. The standard InChI is InChI=1S/C15H12BrF4N/c1-14(21,9-3-2-4-11(16)7-9)10-5-6-12(13(17)8-10)15(18,19)20/h2-8H,21H2,1H3. The topological polar surface area (TPSA) is 26.0 Å². The van der Waals surface area contributed by atoms with Crippen LogP contribution in [-0.4, -0.2) is 0 Å². The Labute approximate surface area is 127 Å². The molecule has 2 aromatic carbocycles. The van der Waals surface area contributed by atoms with Crippen molar-refractivity contribution in [3.8, 4) is 0 Å². The summed E-state index contributed by atoms with van der Waals surface area (Å²) in [5.41, 5.74) is 4.72. The molecule has 2 aromatic rings. The number of nitrogens with two attached hydrogens (primary N) is 1. The summed E-state index contributed by atoms with van der Waals surface area (Å²) in [7, 11) is 0. The van der Waals surface area contributed by atoms with Crippen LogP contribution >= 0.6 is 15.9 Å². The quantitative estimate of drug-likeness (QED) is 0.761. The molecule has 0 heterocycles. The lowest BCUT2D eigenvalue weighted by atomic mass is 9.85. The van der Waals surface area contributed by atoms with Crippen molar-refractivity contribution in [2.24, 2.45) is 5.73 Å². The fraction of sp³-hybridized carbons (Fsp3) is 0.200. The monoisotopic (exact) mass is 361 g/mol. The average Bonchev–Trinajstić information content (AvgIpc) is 2.37. The van der Waals surface area contributed by atoms with Gasteiger partial charge in [0, 0.05) is 4.47 Å². The maximum Gasteiger partial charge on any atom is 0.419 e. The lowest BCUT2D eigenvalue weighted by Crippen LogP contribution is -2.34. The van der Waals surface area contributed by atoms with Crippen LogP contribution < -0.4 is 5.73 Å². The molecule has 112 valence electrons. The minimum Gasteiger partial charge on any atom is -0.318 e. The third-order valence-corrected chi connectivity index (χ3v) is 3.79. The van der Waals surface area contributed by atoms with Crippen molar-refractivity contribution < 1.29 is 17.6 Å². The van der Waals surface area contributed by atoms with Gasteiger partial charge in [-0.25, -0.2) is 4.39 Å². The first kappa shape index (κ1) is 16.0. The van der Waals surface area contributed by atoms with E-state index >= 15 is 0 Å². The molecule has 0 amide bonds. The minimum atomic E-state index is -4.72. The second kappa shape index (κ2) is 5.42. The van der Waals surface area contributed by atoms with E-state index in [0.29, 0.717) is 11.6 Å². The highest BCUT2D eigenvalue weighted by atomic mass is 79.9.